The Morgan fingerprint density at radius 1 is 0.978 bits per heavy atom. The number of carbonyl (C=O) groups is 1. The molecule has 2 aliphatic rings. The van der Waals surface area contributed by atoms with Gasteiger partial charge in [-0.15, -0.1) is 0 Å². The van der Waals surface area contributed by atoms with Crippen LogP contribution >= 0.6 is 0 Å². The number of likely N-dealkylation sites (tertiary alicyclic amines) is 1. The molecule has 244 valence electrons. The topological polar surface area (TPSA) is 149 Å². The lowest BCUT2D eigenvalue weighted by molar-refractivity contribution is 0.0518. The Hall–Kier alpha value is -4.27. The molecule has 0 spiro atoms. The first kappa shape index (κ1) is 31.7. The van der Waals surface area contributed by atoms with Crippen LogP contribution in [0.25, 0.3) is 11.2 Å². The van der Waals surface area contributed by atoms with E-state index in [9.17, 15) is 13.2 Å². The number of hydrogen-bond donors (Lipinski definition) is 3. The van der Waals surface area contributed by atoms with Crippen molar-refractivity contribution in [1.82, 2.24) is 34.6 Å². The van der Waals surface area contributed by atoms with Crippen molar-refractivity contribution < 1.29 is 17.9 Å². The summed E-state index contributed by atoms with van der Waals surface area (Å²) in [5.74, 6) is 1.05. The van der Waals surface area contributed by atoms with Gasteiger partial charge < -0.3 is 30.2 Å². The summed E-state index contributed by atoms with van der Waals surface area (Å²) in [6, 6.07) is 12.5. The maximum Gasteiger partial charge on any atom is 0.253 e. The van der Waals surface area contributed by atoms with E-state index in [4.69, 9.17) is 4.74 Å². The van der Waals surface area contributed by atoms with E-state index in [2.05, 4.69) is 47.4 Å². The zero-order valence-electron chi connectivity index (χ0n) is 26.7. The number of fused-ring (bicyclic) bond motifs is 1. The highest BCUT2D eigenvalue weighted by Gasteiger charge is 2.29. The van der Waals surface area contributed by atoms with Gasteiger partial charge in [-0.25, -0.2) is 13.4 Å². The number of amides is 1. The van der Waals surface area contributed by atoms with Crippen molar-refractivity contribution in [3.63, 3.8) is 0 Å². The molecule has 2 fully saturated rings. The minimum Gasteiger partial charge on any atom is -0.489 e. The average Bonchev–Trinajstić information content (AvgIpc) is 3.51. The highest BCUT2D eigenvalue weighted by molar-refractivity contribution is 7.90. The van der Waals surface area contributed by atoms with Gasteiger partial charge in [0.25, 0.3) is 5.91 Å². The summed E-state index contributed by atoms with van der Waals surface area (Å²) in [6.07, 6.45) is 4.46. The van der Waals surface area contributed by atoms with E-state index < -0.39 is 9.84 Å². The summed E-state index contributed by atoms with van der Waals surface area (Å²) in [4.78, 5) is 37.2. The molecule has 0 atom stereocenters. The summed E-state index contributed by atoms with van der Waals surface area (Å²) in [6.45, 7) is 9.66. The Kier molecular flexibility index (Phi) is 9.11. The number of anilines is 4. The van der Waals surface area contributed by atoms with Crippen molar-refractivity contribution in [1.29, 1.82) is 0 Å². The second kappa shape index (κ2) is 13.2. The maximum atomic E-state index is 13.6. The zero-order valence-corrected chi connectivity index (χ0v) is 27.5. The molecular formula is C32H41N9O4S. The molecule has 0 aliphatic carbocycles. The summed E-state index contributed by atoms with van der Waals surface area (Å²) in [5.41, 5.74) is 2.42. The Bertz CT molecular complexity index is 1810. The fourth-order valence-corrected chi connectivity index (χ4v) is 6.88. The average molecular weight is 648 g/mol. The molecule has 2 aromatic heterocycles. The summed E-state index contributed by atoms with van der Waals surface area (Å²) in [7, 11) is -1.33. The van der Waals surface area contributed by atoms with Gasteiger partial charge in [-0.1, -0.05) is 12.1 Å². The lowest BCUT2D eigenvalue weighted by Crippen LogP contribution is -2.52. The Morgan fingerprint density at radius 3 is 2.43 bits per heavy atom. The third kappa shape index (κ3) is 7.08. The predicted molar refractivity (Wildman–Crippen MR) is 178 cm³/mol. The van der Waals surface area contributed by atoms with Gasteiger partial charge in [-0.2, -0.15) is 9.97 Å². The molecule has 0 radical (unpaired) electrons. The molecule has 2 aromatic carbocycles. The number of H-pyrrole nitrogens is 1. The normalized spacial score (nSPS) is 17.0. The predicted octanol–water partition coefficient (Wildman–Crippen LogP) is 3.88. The van der Waals surface area contributed by atoms with Gasteiger partial charge in [-0.05, 0) is 64.1 Å². The van der Waals surface area contributed by atoms with Gasteiger partial charge in [0.05, 0.1) is 28.7 Å². The number of nitrogens with one attached hydrogen (secondary N) is 3. The van der Waals surface area contributed by atoms with Crippen LogP contribution in [0.2, 0.25) is 0 Å². The van der Waals surface area contributed by atoms with E-state index in [0.717, 1.165) is 58.4 Å². The number of ether oxygens (including phenoxy) is 1. The van der Waals surface area contributed by atoms with E-state index in [-0.39, 0.29) is 22.9 Å². The number of hydrogen-bond acceptors (Lipinski definition) is 11. The van der Waals surface area contributed by atoms with Crippen LogP contribution in [0.5, 0.6) is 5.75 Å². The summed E-state index contributed by atoms with van der Waals surface area (Å²) >= 11 is 0. The standard InChI is InChI=1S/C32H41N9O4S/c1-21(2)45-26-19-22(31(42)41-13-11-23(12-14-41)40-17-15-39(3)16-18-40)9-10-24(26)36-32-37-29-28(33-20-34-29)30(38-32)35-25-7-5-6-8-27(25)46(4,43)44/h5-10,19-21,23H,11-18H2,1-4H3,(H3,33,34,35,36,37,38). The molecule has 46 heavy (non-hydrogen) atoms. The summed E-state index contributed by atoms with van der Waals surface area (Å²) in [5, 5.41) is 6.37. The van der Waals surface area contributed by atoms with E-state index in [1.54, 1.807) is 36.4 Å². The first-order chi connectivity index (χ1) is 22.0. The van der Waals surface area contributed by atoms with Crippen molar-refractivity contribution in [2.45, 2.75) is 43.7 Å². The molecule has 1 amide bonds. The lowest BCUT2D eigenvalue weighted by atomic mass is 10.0. The third-order valence-corrected chi connectivity index (χ3v) is 9.62. The molecule has 4 heterocycles. The molecular weight excluding hydrogens is 606 g/mol. The first-order valence-corrected chi connectivity index (χ1v) is 17.5. The van der Waals surface area contributed by atoms with Gasteiger partial charge in [0.1, 0.15) is 11.3 Å². The SMILES string of the molecule is CC(C)Oc1cc(C(=O)N2CCC(N3CCN(C)CC3)CC2)ccc1Nc1nc(Nc2ccccc2S(C)(=O)=O)c2[nH]cnc2n1. The second-order valence-electron chi connectivity index (χ2n) is 12.3. The molecule has 0 bridgehead atoms. The van der Waals surface area contributed by atoms with Gasteiger partial charge in [0.15, 0.2) is 21.3 Å². The Balaban J connectivity index is 1.22. The number of imidazole rings is 1. The zero-order chi connectivity index (χ0) is 32.4. The first-order valence-electron chi connectivity index (χ1n) is 15.6. The van der Waals surface area contributed by atoms with Gasteiger partial charge in [0.2, 0.25) is 5.95 Å². The number of rotatable bonds is 9. The molecule has 14 heteroatoms. The van der Waals surface area contributed by atoms with Crippen LogP contribution in [0.4, 0.5) is 23.1 Å². The number of benzene rings is 2. The van der Waals surface area contributed by atoms with Crippen LogP contribution in [0.15, 0.2) is 53.7 Å². The highest BCUT2D eigenvalue weighted by atomic mass is 32.2. The summed E-state index contributed by atoms with van der Waals surface area (Å²) < 4.78 is 31.0. The Labute approximate surface area is 269 Å². The lowest BCUT2D eigenvalue weighted by Gasteiger charge is -2.42. The number of piperidine rings is 1. The number of aromatic nitrogens is 4. The highest BCUT2D eigenvalue weighted by Crippen LogP contribution is 2.32. The molecule has 2 aliphatic heterocycles. The van der Waals surface area contributed by atoms with E-state index in [1.165, 1.54) is 12.4 Å². The van der Waals surface area contributed by atoms with Crippen molar-refractivity contribution in [2.24, 2.45) is 0 Å². The van der Waals surface area contributed by atoms with E-state index in [0.29, 0.717) is 45.7 Å². The van der Waals surface area contributed by atoms with Crippen molar-refractivity contribution in [3.05, 3.63) is 54.4 Å². The molecule has 6 rings (SSSR count). The van der Waals surface area contributed by atoms with Crippen molar-refractivity contribution >= 4 is 50.0 Å². The van der Waals surface area contributed by atoms with Crippen molar-refractivity contribution in [2.75, 3.05) is 63.2 Å². The van der Waals surface area contributed by atoms with Crippen LogP contribution in [0.1, 0.15) is 37.0 Å². The third-order valence-electron chi connectivity index (χ3n) is 8.47. The van der Waals surface area contributed by atoms with E-state index >= 15 is 0 Å². The molecule has 13 nitrogen and oxygen atoms in total. The van der Waals surface area contributed by atoms with Crippen LogP contribution in [0.3, 0.4) is 0 Å². The molecule has 2 saturated heterocycles. The van der Waals surface area contributed by atoms with Gasteiger partial charge in [-0.3, -0.25) is 9.69 Å². The minimum absolute atomic E-state index is 0.0118. The number of likely N-dealkylation sites (N-methyl/N-ethyl adjacent to an activating group) is 1. The van der Waals surface area contributed by atoms with Gasteiger partial charge >= 0.3 is 0 Å². The van der Waals surface area contributed by atoms with Crippen LogP contribution in [-0.2, 0) is 9.84 Å². The monoisotopic (exact) mass is 647 g/mol. The Morgan fingerprint density at radius 2 is 1.72 bits per heavy atom. The quantitative estimate of drug-likeness (QED) is 0.243. The van der Waals surface area contributed by atoms with Crippen molar-refractivity contribution in [3.8, 4) is 5.75 Å². The van der Waals surface area contributed by atoms with Crippen LogP contribution in [-0.4, -0.2) is 114 Å². The second-order valence-corrected chi connectivity index (χ2v) is 14.2. The fraction of sp³-hybridized carbons (Fsp3) is 0.438. The number of nitrogens with zero attached hydrogens (tertiary/aromatic N) is 6. The minimum atomic E-state index is -3.50. The van der Waals surface area contributed by atoms with E-state index in [1.807, 2.05) is 18.7 Å². The number of para-hydroxylation sites is 1. The molecule has 4 aromatic rings. The number of piperazine rings is 1. The largest absolute Gasteiger partial charge is 0.489 e. The number of carbonyl (C=O) groups excluding carboxylic acids is 1. The number of aromatic amines is 1. The maximum absolute atomic E-state index is 13.6. The van der Waals surface area contributed by atoms with Crippen LogP contribution in [0, 0.1) is 0 Å². The van der Waals surface area contributed by atoms with Gasteiger partial charge in [0, 0.05) is 57.1 Å². The molecule has 0 saturated carbocycles. The van der Waals surface area contributed by atoms with Crippen LogP contribution < -0.4 is 15.4 Å². The molecule has 0 unspecified atom stereocenters. The molecule has 3 N–H and O–H groups in total. The smallest absolute Gasteiger partial charge is 0.253 e. The fourth-order valence-electron chi connectivity index (χ4n) is 6.03. The number of sulfone groups is 1.